The number of esters is 1. The van der Waals surface area contributed by atoms with Gasteiger partial charge in [-0.25, -0.2) is 17.9 Å². The van der Waals surface area contributed by atoms with Crippen LogP contribution in [0.25, 0.3) is 0 Å². The van der Waals surface area contributed by atoms with Crippen molar-refractivity contribution in [2.75, 3.05) is 6.61 Å². The minimum atomic E-state index is -3.78. The second kappa shape index (κ2) is 10.3. The fourth-order valence-corrected chi connectivity index (χ4v) is 3.73. The maximum Gasteiger partial charge on any atom is 0.338 e. The minimum Gasteiger partial charge on any atom is -0.468 e. The molecule has 0 radical (unpaired) electrons. The lowest BCUT2D eigenvalue weighted by molar-refractivity contribution is -0.124. The molecule has 1 aromatic heterocycles. The SMILES string of the molecule is O=C(COC(=O)c1ccc(S(=O)(=O)NCc2ccco2)cc1)NCc1ccccc1Cl. The molecule has 162 valence electrons. The van der Waals surface area contributed by atoms with E-state index in [-0.39, 0.29) is 23.5 Å². The molecule has 8 nitrogen and oxygen atoms in total. The number of ether oxygens (including phenoxy) is 1. The average Bonchev–Trinajstić information content (AvgIpc) is 3.29. The standard InChI is InChI=1S/C21H19ClN2O6S/c22-19-6-2-1-4-16(19)12-23-20(25)14-30-21(26)15-7-9-18(10-8-15)31(27,28)24-13-17-5-3-11-29-17/h1-11,24H,12-14H2,(H,23,25). The highest BCUT2D eigenvalue weighted by molar-refractivity contribution is 7.89. The van der Waals surface area contributed by atoms with Crippen LogP contribution >= 0.6 is 11.6 Å². The van der Waals surface area contributed by atoms with E-state index in [2.05, 4.69) is 10.0 Å². The number of carbonyl (C=O) groups excluding carboxylic acids is 2. The Bertz CT molecular complexity index is 1140. The van der Waals surface area contributed by atoms with Gasteiger partial charge in [-0.3, -0.25) is 4.79 Å². The van der Waals surface area contributed by atoms with Gasteiger partial charge in [0.2, 0.25) is 10.0 Å². The van der Waals surface area contributed by atoms with Gasteiger partial charge in [-0.15, -0.1) is 0 Å². The van der Waals surface area contributed by atoms with Crippen molar-refractivity contribution in [3.63, 3.8) is 0 Å². The monoisotopic (exact) mass is 462 g/mol. The fourth-order valence-electron chi connectivity index (χ4n) is 2.53. The van der Waals surface area contributed by atoms with Crippen molar-refractivity contribution < 1.29 is 27.2 Å². The van der Waals surface area contributed by atoms with Crippen LogP contribution in [0.5, 0.6) is 0 Å². The van der Waals surface area contributed by atoms with E-state index in [0.717, 1.165) is 5.56 Å². The molecule has 0 saturated carbocycles. The highest BCUT2D eigenvalue weighted by Gasteiger charge is 2.16. The van der Waals surface area contributed by atoms with Gasteiger partial charge in [-0.1, -0.05) is 29.8 Å². The molecule has 0 bridgehead atoms. The molecular weight excluding hydrogens is 444 g/mol. The molecule has 1 amide bonds. The molecule has 0 unspecified atom stereocenters. The van der Waals surface area contributed by atoms with Gasteiger partial charge in [0, 0.05) is 11.6 Å². The molecule has 0 atom stereocenters. The molecule has 31 heavy (non-hydrogen) atoms. The molecular formula is C21H19ClN2O6S. The summed E-state index contributed by atoms with van der Waals surface area (Å²) in [7, 11) is -3.78. The van der Waals surface area contributed by atoms with E-state index in [0.29, 0.717) is 10.8 Å². The molecule has 0 fully saturated rings. The molecule has 3 rings (SSSR count). The van der Waals surface area contributed by atoms with E-state index >= 15 is 0 Å². The van der Waals surface area contributed by atoms with E-state index in [4.69, 9.17) is 20.8 Å². The maximum atomic E-state index is 12.3. The second-order valence-corrected chi connectivity index (χ2v) is 8.55. The summed E-state index contributed by atoms with van der Waals surface area (Å²) < 4.78 is 37.1. The zero-order chi connectivity index (χ0) is 22.3. The Morgan fingerprint density at radius 3 is 2.39 bits per heavy atom. The van der Waals surface area contributed by atoms with Crippen LogP contribution in [-0.4, -0.2) is 26.9 Å². The molecule has 3 aromatic rings. The van der Waals surface area contributed by atoms with Crippen LogP contribution in [0.2, 0.25) is 5.02 Å². The van der Waals surface area contributed by atoms with Crippen molar-refractivity contribution in [2.24, 2.45) is 0 Å². The van der Waals surface area contributed by atoms with Gasteiger partial charge in [0.15, 0.2) is 6.61 Å². The number of furan rings is 1. The lowest BCUT2D eigenvalue weighted by atomic mass is 10.2. The normalized spacial score (nSPS) is 11.1. The predicted octanol–water partition coefficient (Wildman–Crippen LogP) is 2.88. The van der Waals surface area contributed by atoms with Crippen molar-refractivity contribution in [3.05, 3.63) is 88.8 Å². The summed E-state index contributed by atoms with van der Waals surface area (Å²) in [5.74, 6) is -0.772. The molecule has 0 aliphatic heterocycles. The number of benzene rings is 2. The van der Waals surface area contributed by atoms with E-state index in [1.54, 1.807) is 36.4 Å². The number of hydrogen-bond donors (Lipinski definition) is 2. The summed E-state index contributed by atoms with van der Waals surface area (Å²) in [6, 6.07) is 15.5. The topological polar surface area (TPSA) is 115 Å². The summed E-state index contributed by atoms with van der Waals surface area (Å²) >= 11 is 6.02. The Morgan fingerprint density at radius 1 is 0.968 bits per heavy atom. The lowest BCUT2D eigenvalue weighted by Gasteiger charge is -2.09. The van der Waals surface area contributed by atoms with E-state index < -0.39 is 28.5 Å². The zero-order valence-corrected chi connectivity index (χ0v) is 17.8. The number of halogens is 1. The molecule has 2 N–H and O–H groups in total. The zero-order valence-electron chi connectivity index (χ0n) is 16.2. The Labute approximate surface area is 184 Å². The first-order valence-corrected chi connectivity index (χ1v) is 11.0. The summed E-state index contributed by atoms with van der Waals surface area (Å²) in [5, 5.41) is 3.13. The van der Waals surface area contributed by atoms with Gasteiger partial charge in [-0.2, -0.15) is 0 Å². The number of nitrogens with one attached hydrogen (secondary N) is 2. The summed E-state index contributed by atoms with van der Waals surface area (Å²) in [5.41, 5.74) is 0.852. The van der Waals surface area contributed by atoms with Crippen LogP contribution in [0.15, 0.2) is 76.2 Å². The number of hydrogen-bond acceptors (Lipinski definition) is 6. The number of sulfonamides is 1. The van der Waals surface area contributed by atoms with Crippen LogP contribution in [0, 0.1) is 0 Å². The van der Waals surface area contributed by atoms with Gasteiger partial charge >= 0.3 is 5.97 Å². The van der Waals surface area contributed by atoms with Crippen molar-refractivity contribution in [1.82, 2.24) is 10.0 Å². The van der Waals surface area contributed by atoms with Crippen molar-refractivity contribution >= 4 is 33.5 Å². The first-order chi connectivity index (χ1) is 14.8. The van der Waals surface area contributed by atoms with Crippen molar-refractivity contribution in [3.8, 4) is 0 Å². The predicted molar refractivity (Wildman–Crippen MR) is 113 cm³/mol. The van der Waals surface area contributed by atoms with E-state index in [1.165, 1.54) is 30.5 Å². The molecule has 1 heterocycles. The van der Waals surface area contributed by atoms with Crippen LogP contribution < -0.4 is 10.0 Å². The lowest BCUT2D eigenvalue weighted by Crippen LogP contribution is -2.28. The van der Waals surface area contributed by atoms with Gasteiger partial charge in [-0.05, 0) is 48.0 Å². The third-order valence-corrected chi connectivity index (χ3v) is 5.97. The average molecular weight is 463 g/mol. The highest BCUT2D eigenvalue weighted by atomic mass is 35.5. The molecule has 0 aliphatic rings. The Hall–Kier alpha value is -3.14. The number of amides is 1. The fraction of sp³-hybridized carbons (Fsp3) is 0.143. The van der Waals surface area contributed by atoms with Gasteiger partial charge in [0.1, 0.15) is 5.76 Å². The first kappa shape index (κ1) is 22.5. The Morgan fingerprint density at radius 2 is 1.71 bits per heavy atom. The number of rotatable bonds is 9. The van der Waals surface area contributed by atoms with Crippen LogP contribution in [0.1, 0.15) is 21.7 Å². The van der Waals surface area contributed by atoms with Gasteiger partial charge in [0.25, 0.3) is 5.91 Å². The largest absolute Gasteiger partial charge is 0.468 e. The third kappa shape index (κ3) is 6.42. The van der Waals surface area contributed by atoms with Crippen LogP contribution in [0.3, 0.4) is 0 Å². The molecule has 2 aromatic carbocycles. The first-order valence-electron chi connectivity index (χ1n) is 9.14. The molecule has 0 aliphatic carbocycles. The van der Waals surface area contributed by atoms with Crippen LogP contribution in [-0.2, 0) is 32.6 Å². The molecule has 10 heteroatoms. The summed E-state index contributed by atoms with van der Waals surface area (Å²) in [6.07, 6.45) is 1.45. The summed E-state index contributed by atoms with van der Waals surface area (Å²) in [4.78, 5) is 24.0. The maximum absolute atomic E-state index is 12.3. The highest BCUT2D eigenvalue weighted by Crippen LogP contribution is 2.14. The van der Waals surface area contributed by atoms with Gasteiger partial charge < -0.3 is 14.5 Å². The number of carbonyl (C=O) groups is 2. The molecule has 0 saturated heterocycles. The van der Waals surface area contributed by atoms with Crippen molar-refractivity contribution in [1.29, 1.82) is 0 Å². The summed E-state index contributed by atoms with van der Waals surface area (Å²) in [6.45, 7) is -0.274. The molecule has 0 spiro atoms. The second-order valence-electron chi connectivity index (χ2n) is 6.37. The quantitative estimate of drug-likeness (QED) is 0.472. The third-order valence-electron chi connectivity index (χ3n) is 4.19. The van der Waals surface area contributed by atoms with E-state index in [1.807, 2.05) is 0 Å². The Kier molecular flexibility index (Phi) is 7.45. The smallest absolute Gasteiger partial charge is 0.338 e. The minimum absolute atomic E-state index is 0.00241. The van der Waals surface area contributed by atoms with Crippen molar-refractivity contribution in [2.45, 2.75) is 18.0 Å². The van der Waals surface area contributed by atoms with Gasteiger partial charge in [0.05, 0.1) is 23.3 Å². The van der Waals surface area contributed by atoms with Crippen LogP contribution in [0.4, 0.5) is 0 Å². The van der Waals surface area contributed by atoms with E-state index in [9.17, 15) is 18.0 Å². The Balaban J connectivity index is 1.49.